The molecule has 7 nitrogen and oxygen atoms in total. The highest BCUT2D eigenvalue weighted by atomic mass is 32.1. The Morgan fingerprint density at radius 3 is 2.87 bits per heavy atom. The lowest BCUT2D eigenvalue weighted by atomic mass is 10.2. The van der Waals surface area contributed by atoms with Crippen LogP contribution in [0.3, 0.4) is 0 Å². The number of hydrogen-bond donors (Lipinski definition) is 1. The van der Waals surface area contributed by atoms with Crippen molar-refractivity contribution >= 4 is 17.2 Å². The van der Waals surface area contributed by atoms with Gasteiger partial charge in [0.15, 0.2) is 10.8 Å². The number of thiazole rings is 1. The van der Waals surface area contributed by atoms with Gasteiger partial charge in [-0.05, 0) is 12.0 Å². The molecule has 8 heteroatoms. The molecule has 0 fully saturated rings. The van der Waals surface area contributed by atoms with Crippen LogP contribution >= 0.6 is 11.3 Å². The molecular formula is C15H16N6OS. The van der Waals surface area contributed by atoms with Gasteiger partial charge in [0.2, 0.25) is 0 Å². The fraction of sp³-hybridized carbons (Fsp3) is 0.267. The molecule has 0 unspecified atom stereocenters. The Morgan fingerprint density at radius 2 is 2.13 bits per heavy atom. The number of rotatable bonds is 6. The van der Waals surface area contributed by atoms with Crippen molar-refractivity contribution in [3.05, 3.63) is 48.3 Å². The van der Waals surface area contributed by atoms with E-state index in [0.717, 1.165) is 6.54 Å². The Hall–Kier alpha value is -2.61. The van der Waals surface area contributed by atoms with Crippen molar-refractivity contribution < 1.29 is 4.79 Å². The van der Waals surface area contributed by atoms with Gasteiger partial charge in [-0.1, -0.05) is 6.92 Å². The van der Waals surface area contributed by atoms with Crippen LogP contribution in [-0.2, 0) is 6.54 Å². The molecule has 0 bridgehead atoms. The first-order valence-electron chi connectivity index (χ1n) is 7.19. The van der Waals surface area contributed by atoms with Crippen LogP contribution < -0.4 is 5.32 Å². The average molecular weight is 328 g/mol. The van der Waals surface area contributed by atoms with Gasteiger partial charge in [0.1, 0.15) is 4.88 Å². The largest absolute Gasteiger partial charge is 0.351 e. The highest BCUT2D eigenvalue weighted by Gasteiger charge is 2.14. The predicted octanol–water partition coefficient (Wildman–Crippen LogP) is 1.86. The summed E-state index contributed by atoms with van der Waals surface area (Å²) >= 11 is 1.29. The Morgan fingerprint density at radius 1 is 1.30 bits per heavy atom. The minimum atomic E-state index is -0.123. The third-order valence-electron chi connectivity index (χ3n) is 3.18. The summed E-state index contributed by atoms with van der Waals surface area (Å²) in [6.07, 6.45) is 10.3. The van der Waals surface area contributed by atoms with Crippen molar-refractivity contribution in [3.63, 3.8) is 0 Å². The molecule has 3 rings (SSSR count). The van der Waals surface area contributed by atoms with E-state index in [2.05, 4.69) is 32.2 Å². The topological polar surface area (TPSA) is 85.6 Å². The maximum Gasteiger partial charge on any atom is 0.263 e. The molecule has 0 saturated carbocycles. The normalized spacial score (nSPS) is 12.0. The van der Waals surface area contributed by atoms with Gasteiger partial charge in [-0.25, -0.2) is 19.9 Å². The van der Waals surface area contributed by atoms with Gasteiger partial charge < -0.3 is 9.88 Å². The van der Waals surface area contributed by atoms with Crippen LogP contribution in [0.5, 0.6) is 0 Å². The Bertz CT molecular complexity index is 755. The van der Waals surface area contributed by atoms with Crippen LogP contribution in [0.1, 0.15) is 16.6 Å². The number of amides is 1. The van der Waals surface area contributed by atoms with Crippen molar-refractivity contribution in [1.82, 2.24) is 29.8 Å². The fourth-order valence-electron chi connectivity index (χ4n) is 2.07. The molecule has 3 heterocycles. The zero-order valence-corrected chi connectivity index (χ0v) is 13.4. The summed E-state index contributed by atoms with van der Waals surface area (Å²) in [5.74, 6) is 0.713. The number of carbonyl (C=O) groups is 1. The highest BCUT2D eigenvalue weighted by molar-refractivity contribution is 7.16. The maximum atomic E-state index is 12.2. The van der Waals surface area contributed by atoms with Crippen LogP contribution in [-0.4, -0.2) is 37.0 Å². The third-order valence-corrected chi connectivity index (χ3v) is 4.17. The number of carbonyl (C=O) groups excluding carboxylic acids is 1. The van der Waals surface area contributed by atoms with E-state index in [9.17, 15) is 4.79 Å². The molecule has 0 aliphatic heterocycles. The molecule has 23 heavy (non-hydrogen) atoms. The number of hydrogen-bond acceptors (Lipinski definition) is 6. The molecule has 0 radical (unpaired) electrons. The predicted molar refractivity (Wildman–Crippen MR) is 86.9 cm³/mol. The van der Waals surface area contributed by atoms with E-state index in [4.69, 9.17) is 0 Å². The molecule has 3 aromatic rings. The van der Waals surface area contributed by atoms with Gasteiger partial charge in [0, 0.05) is 37.9 Å². The van der Waals surface area contributed by atoms with Gasteiger partial charge in [-0.3, -0.25) is 4.79 Å². The summed E-state index contributed by atoms with van der Waals surface area (Å²) in [4.78, 5) is 29.2. The Balaban J connectivity index is 1.55. The number of imidazole rings is 1. The zero-order chi connectivity index (χ0) is 16.1. The van der Waals surface area contributed by atoms with Crippen molar-refractivity contribution in [1.29, 1.82) is 0 Å². The van der Waals surface area contributed by atoms with Crippen LogP contribution in [0.25, 0.3) is 10.8 Å². The first-order valence-corrected chi connectivity index (χ1v) is 8.01. The molecule has 1 amide bonds. The van der Waals surface area contributed by atoms with E-state index in [1.165, 1.54) is 11.3 Å². The molecule has 1 atom stereocenters. The van der Waals surface area contributed by atoms with E-state index in [0.29, 0.717) is 28.2 Å². The smallest absolute Gasteiger partial charge is 0.263 e. The van der Waals surface area contributed by atoms with Crippen molar-refractivity contribution in [2.45, 2.75) is 13.5 Å². The summed E-state index contributed by atoms with van der Waals surface area (Å²) < 4.78 is 1.99. The highest BCUT2D eigenvalue weighted by Crippen LogP contribution is 2.21. The molecule has 0 aliphatic rings. The minimum Gasteiger partial charge on any atom is -0.351 e. The van der Waals surface area contributed by atoms with Crippen LogP contribution in [0.4, 0.5) is 0 Å². The summed E-state index contributed by atoms with van der Waals surface area (Å²) in [5.41, 5.74) is 0. The maximum absolute atomic E-state index is 12.2. The molecule has 1 N–H and O–H groups in total. The lowest BCUT2D eigenvalue weighted by molar-refractivity contribution is 0.0950. The fourth-order valence-corrected chi connectivity index (χ4v) is 2.85. The van der Waals surface area contributed by atoms with E-state index in [1.54, 1.807) is 37.2 Å². The number of aromatic nitrogens is 5. The van der Waals surface area contributed by atoms with E-state index < -0.39 is 0 Å². The SMILES string of the molecule is C[C@H](CNC(=O)c1cnc(-c2ncccn2)s1)Cn1ccnc1. The average Bonchev–Trinajstić information content (AvgIpc) is 3.25. The second kappa shape index (κ2) is 7.10. The molecular weight excluding hydrogens is 312 g/mol. The molecule has 3 aromatic heterocycles. The van der Waals surface area contributed by atoms with E-state index in [-0.39, 0.29) is 5.91 Å². The van der Waals surface area contributed by atoms with Gasteiger partial charge in [-0.2, -0.15) is 0 Å². The van der Waals surface area contributed by atoms with Crippen molar-refractivity contribution in [3.8, 4) is 10.8 Å². The second-order valence-electron chi connectivity index (χ2n) is 5.18. The molecule has 0 saturated heterocycles. The van der Waals surface area contributed by atoms with Gasteiger partial charge in [0.25, 0.3) is 5.91 Å². The zero-order valence-electron chi connectivity index (χ0n) is 12.6. The van der Waals surface area contributed by atoms with Crippen LogP contribution in [0.15, 0.2) is 43.4 Å². The molecule has 0 aliphatic carbocycles. The first-order chi connectivity index (χ1) is 11.2. The van der Waals surface area contributed by atoms with Crippen molar-refractivity contribution in [2.24, 2.45) is 5.92 Å². The van der Waals surface area contributed by atoms with Crippen LogP contribution in [0.2, 0.25) is 0 Å². The first kappa shape index (κ1) is 15.3. The lowest BCUT2D eigenvalue weighted by Crippen LogP contribution is -2.29. The molecule has 0 aromatic carbocycles. The van der Waals surface area contributed by atoms with Gasteiger partial charge in [-0.15, -0.1) is 11.3 Å². The molecule has 118 valence electrons. The second-order valence-corrected chi connectivity index (χ2v) is 6.21. The number of nitrogens with zero attached hydrogens (tertiary/aromatic N) is 5. The number of nitrogens with one attached hydrogen (secondary N) is 1. The Labute approximate surface area is 137 Å². The summed E-state index contributed by atoms with van der Waals surface area (Å²) in [6.45, 7) is 3.48. The van der Waals surface area contributed by atoms with Gasteiger partial charge >= 0.3 is 0 Å². The standard InChI is InChI=1S/C15H16N6OS/c1-11(9-21-6-5-16-10-21)7-19-14(22)12-8-20-15(23-12)13-17-3-2-4-18-13/h2-6,8,10-11H,7,9H2,1H3,(H,19,22)/t11-/m1/s1. The van der Waals surface area contributed by atoms with Crippen molar-refractivity contribution in [2.75, 3.05) is 6.54 Å². The van der Waals surface area contributed by atoms with Crippen LogP contribution in [0, 0.1) is 5.92 Å². The lowest BCUT2D eigenvalue weighted by Gasteiger charge is -2.12. The monoisotopic (exact) mass is 328 g/mol. The Kier molecular flexibility index (Phi) is 4.72. The van der Waals surface area contributed by atoms with E-state index >= 15 is 0 Å². The van der Waals surface area contributed by atoms with Gasteiger partial charge in [0.05, 0.1) is 12.5 Å². The summed E-state index contributed by atoms with van der Waals surface area (Å²) in [7, 11) is 0. The molecule has 0 spiro atoms. The summed E-state index contributed by atoms with van der Waals surface area (Å²) in [5, 5.41) is 3.57. The third kappa shape index (κ3) is 3.98. The summed E-state index contributed by atoms with van der Waals surface area (Å²) in [6, 6.07) is 1.74. The minimum absolute atomic E-state index is 0.123. The van der Waals surface area contributed by atoms with E-state index in [1.807, 2.05) is 10.8 Å². The quantitative estimate of drug-likeness (QED) is 0.746.